The molecule has 0 amide bonds. The first-order chi connectivity index (χ1) is 14.8. The largest absolute Gasteiger partial charge is 0.210 e. The molecule has 2 nitrogen and oxygen atoms in total. The number of aromatic nitrogens is 2. The van der Waals surface area contributed by atoms with E-state index in [9.17, 15) is 0 Å². The highest BCUT2D eigenvalue weighted by atomic mass is 14.9. The quantitative estimate of drug-likeness (QED) is 0.349. The van der Waals surface area contributed by atoms with Crippen LogP contribution in [0.4, 0.5) is 0 Å². The fraction of sp³-hybridized carbons (Fsp3) is 0.214. The minimum absolute atomic E-state index is 1.12. The molecule has 0 bridgehead atoms. The number of rotatable bonds is 7. The van der Waals surface area contributed by atoms with Crippen LogP contribution < -0.4 is 9.13 Å². The van der Waals surface area contributed by atoms with E-state index in [4.69, 9.17) is 0 Å². The van der Waals surface area contributed by atoms with Gasteiger partial charge in [0.25, 0.3) is 0 Å². The molecule has 2 heterocycles. The summed E-state index contributed by atoms with van der Waals surface area (Å²) in [6.07, 6.45) is 13.2. The van der Waals surface area contributed by atoms with Gasteiger partial charge >= 0.3 is 0 Å². The predicted molar refractivity (Wildman–Crippen MR) is 123 cm³/mol. The Bertz CT molecular complexity index is 1010. The van der Waals surface area contributed by atoms with Crippen LogP contribution in [0.25, 0.3) is 22.5 Å². The summed E-state index contributed by atoms with van der Waals surface area (Å²) in [6, 6.07) is 26.3. The molecule has 0 aliphatic carbocycles. The standard InChI is InChI=1S/C28H30N2/c1-3-7-23-9-5-11-27(21-23)29-17-13-25(14-18-29)26-15-19-30(20-16-26)28-12-6-10-24(22-28)8-4-2/h5-6,9-22H,3-4,7-8H2,1-2H3/q+2. The van der Waals surface area contributed by atoms with E-state index >= 15 is 0 Å². The second-order valence-corrected chi connectivity index (χ2v) is 7.83. The van der Waals surface area contributed by atoms with Gasteiger partial charge in [0.15, 0.2) is 24.8 Å². The van der Waals surface area contributed by atoms with Gasteiger partial charge in [0.05, 0.1) is 0 Å². The molecule has 0 aliphatic heterocycles. The van der Waals surface area contributed by atoms with Crippen molar-refractivity contribution >= 4 is 0 Å². The Labute approximate surface area is 180 Å². The number of nitrogens with zero attached hydrogens (tertiary/aromatic N) is 2. The maximum absolute atomic E-state index is 2.28. The van der Waals surface area contributed by atoms with Crippen molar-refractivity contribution in [3.05, 3.63) is 109 Å². The second kappa shape index (κ2) is 9.49. The van der Waals surface area contributed by atoms with Gasteiger partial charge in [-0.25, -0.2) is 0 Å². The van der Waals surface area contributed by atoms with Gasteiger partial charge in [-0.05, 0) is 35.1 Å². The van der Waals surface area contributed by atoms with E-state index in [-0.39, 0.29) is 0 Å². The number of pyridine rings is 2. The summed E-state index contributed by atoms with van der Waals surface area (Å²) in [5.74, 6) is 0. The zero-order valence-corrected chi connectivity index (χ0v) is 18.0. The van der Waals surface area contributed by atoms with Crippen LogP contribution in [0, 0.1) is 0 Å². The third-order valence-electron chi connectivity index (χ3n) is 5.49. The molecular formula is C28H30N2+2. The minimum Gasteiger partial charge on any atom is -0.167 e. The summed E-state index contributed by atoms with van der Waals surface area (Å²) in [6.45, 7) is 4.44. The summed E-state index contributed by atoms with van der Waals surface area (Å²) in [7, 11) is 0. The van der Waals surface area contributed by atoms with E-state index in [1.165, 1.54) is 46.5 Å². The molecule has 0 saturated carbocycles. The highest BCUT2D eigenvalue weighted by Gasteiger charge is 2.10. The van der Waals surface area contributed by atoms with Gasteiger partial charge in [0.2, 0.25) is 11.4 Å². The van der Waals surface area contributed by atoms with Crippen LogP contribution >= 0.6 is 0 Å². The molecule has 0 N–H and O–H groups in total. The summed E-state index contributed by atoms with van der Waals surface area (Å²) in [5, 5.41) is 0. The van der Waals surface area contributed by atoms with Crippen LogP contribution in [0.2, 0.25) is 0 Å². The third-order valence-corrected chi connectivity index (χ3v) is 5.49. The maximum Gasteiger partial charge on any atom is 0.210 e. The lowest BCUT2D eigenvalue weighted by Crippen LogP contribution is -2.30. The molecular weight excluding hydrogens is 364 g/mol. The summed E-state index contributed by atoms with van der Waals surface area (Å²) < 4.78 is 4.37. The summed E-state index contributed by atoms with van der Waals surface area (Å²) in [5.41, 5.74) is 7.66. The fourth-order valence-corrected chi connectivity index (χ4v) is 3.90. The highest BCUT2D eigenvalue weighted by Crippen LogP contribution is 2.17. The lowest BCUT2D eigenvalue weighted by Gasteiger charge is -2.03. The van der Waals surface area contributed by atoms with Gasteiger partial charge in [-0.15, -0.1) is 0 Å². The first kappa shape index (κ1) is 20.0. The third kappa shape index (κ3) is 4.65. The molecule has 0 radical (unpaired) electrons. The molecule has 0 atom stereocenters. The van der Waals surface area contributed by atoms with Crippen molar-refractivity contribution in [2.45, 2.75) is 39.5 Å². The van der Waals surface area contributed by atoms with Gasteiger partial charge in [-0.2, -0.15) is 9.13 Å². The molecule has 0 fully saturated rings. The Hall–Kier alpha value is -3.26. The summed E-state index contributed by atoms with van der Waals surface area (Å²) >= 11 is 0. The van der Waals surface area contributed by atoms with Crippen molar-refractivity contribution in [2.75, 3.05) is 0 Å². The van der Waals surface area contributed by atoms with Gasteiger partial charge < -0.3 is 0 Å². The monoisotopic (exact) mass is 394 g/mol. The molecule has 150 valence electrons. The second-order valence-electron chi connectivity index (χ2n) is 7.83. The Morgan fingerprint density at radius 2 is 0.933 bits per heavy atom. The van der Waals surface area contributed by atoms with E-state index in [1.807, 2.05) is 0 Å². The van der Waals surface area contributed by atoms with Crippen molar-refractivity contribution in [3.8, 4) is 22.5 Å². The van der Waals surface area contributed by atoms with Crippen molar-refractivity contribution in [1.82, 2.24) is 0 Å². The van der Waals surface area contributed by atoms with Gasteiger partial charge in [-0.3, -0.25) is 0 Å². The molecule has 0 aliphatic rings. The SMILES string of the molecule is CCCc1cccc(-[n+]2ccc(-c3cc[n+](-c4cccc(CCC)c4)cc3)cc2)c1. The molecule has 4 aromatic rings. The summed E-state index contributed by atoms with van der Waals surface area (Å²) in [4.78, 5) is 0. The van der Waals surface area contributed by atoms with E-state index in [1.54, 1.807) is 0 Å². The van der Waals surface area contributed by atoms with Crippen LogP contribution in [-0.2, 0) is 12.8 Å². The van der Waals surface area contributed by atoms with E-state index in [0.29, 0.717) is 0 Å². The fourth-order valence-electron chi connectivity index (χ4n) is 3.90. The highest BCUT2D eigenvalue weighted by molar-refractivity contribution is 5.61. The predicted octanol–water partition coefficient (Wildman–Crippen LogP) is 5.81. The molecule has 30 heavy (non-hydrogen) atoms. The van der Waals surface area contributed by atoms with Crippen molar-refractivity contribution < 1.29 is 9.13 Å². The van der Waals surface area contributed by atoms with Crippen molar-refractivity contribution in [1.29, 1.82) is 0 Å². The maximum atomic E-state index is 2.28. The smallest absolute Gasteiger partial charge is 0.167 e. The van der Waals surface area contributed by atoms with Crippen LogP contribution in [0.3, 0.4) is 0 Å². The molecule has 4 rings (SSSR count). The van der Waals surface area contributed by atoms with Crippen LogP contribution in [0.1, 0.15) is 37.8 Å². The number of aryl methyl sites for hydroxylation is 2. The van der Waals surface area contributed by atoms with Crippen LogP contribution in [0.15, 0.2) is 97.6 Å². The molecule has 2 heteroatoms. The Morgan fingerprint density at radius 3 is 1.30 bits per heavy atom. The van der Waals surface area contributed by atoms with E-state index < -0.39 is 0 Å². The molecule has 2 aromatic carbocycles. The van der Waals surface area contributed by atoms with Gasteiger partial charge in [0.1, 0.15) is 0 Å². The zero-order valence-electron chi connectivity index (χ0n) is 18.0. The Morgan fingerprint density at radius 1 is 0.533 bits per heavy atom. The lowest BCUT2D eigenvalue weighted by atomic mass is 10.1. The average Bonchev–Trinajstić information content (AvgIpc) is 2.80. The lowest BCUT2D eigenvalue weighted by molar-refractivity contribution is -0.596. The van der Waals surface area contributed by atoms with Crippen molar-refractivity contribution in [2.24, 2.45) is 0 Å². The van der Waals surface area contributed by atoms with Gasteiger partial charge in [-0.1, -0.05) is 51.0 Å². The Balaban J connectivity index is 1.53. The number of hydrogen-bond acceptors (Lipinski definition) is 0. The normalized spacial score (nSPS) is 10.9. The Kier molecular flexibility index (Phi) is 6.34. The van der Waals surface area contributed by atoms with Crippen LogP contribution in [-0.4, -0.2) is 0 Å². The van der Waals surface area contributed by atoms with Crippen molar-refractivity contribution in [3.63, 3.8) is 0 Å². The average molecular weight is 395 g/mol. The number of hydrogen-bond donors (Lipinski definition) is 0. The molecule has 2 aromatic heterocycles. The number of benzene rings is 2. The molecule has 0 unspecified atom stereocenters. The zero-order chi connectivity index (χ0) is 20.8. The minimum atomic E-state index is 1.12. The van der Waals surface area contributed by atoms with Gasteiger partial charge in [0, 0.05) is 48.5 Å². The molecule has 0 saturated heterocycles. The van der Waals surface area contributed by atoms with E-state index in [0.717, 1.165) is 12.8 Å². The van der Waals surface area contributed by atoms with Crippen LogP contribution in [0.5, 0.6) is 0 Å². The molecule has 0 spiro atoms. The first-order valence-electron chi connectivity index (χ1n) is 11.0. The van der Waals surface area contributed by atoms with E-state index in [2.05, 4.69) is 121 Å². The topological polar surface area (TPSA) is 7.76 Å². The first-order valence-corrected chi connectivity index (χ1v) is 11.0.